The number of carbonyl (C=O) groups is 4. The Hall–Kier alpha value is -5.58. The fourth-order valence-electron chi connectivity index (χ4n) is 9.49. The largest absolute Gasteiger partial charge is 0.472 e. The van der Waals surface area contributed by atoms with Crippen LogP contribution in [0.1, 0.15) is 272 Å². The predicted octanol–water partition coefficient (Wildman–Crippen LogP) is 22.2. The summed E-state index contributed by atoms with van der Waals surface area (Å²) in [4.78, 5) is 72.8. The van der Waals surface area contributed by atoms with E-state index < -0.39 is 97.5 Å². The molecule has 0 bridgehead atoms. The molecule has 0 aromatic carbocycles. The molecular weight excluding hydrogens is 1330 g/mol. The molecule has 0 saturated carbocycles. The summed E-state index contributed by atoms with van der Waals surface area (Å²) in [5.74, 6) is -2.40. The minimum absolute atomic E-state index is 0.0810. The molecule has 0 aliphatic heterocycles. The highest BCUT2D eigenvalue weighted by molar-refractivity contribution is 7.47. The average Bonchev–Trinajstić information content (AvgIpc) is 0.926. The second-order valence-electron chi connectivity index (χ2n) is 24.8. The first-order valence-electron chi connectivity index (χ1n) is 38.4. The molecular formula is C83H134O17P2. The number of hydrogen-bond acceptors (Lipinski definition) is 15. The summed E-state index contributed by atoms with van der Waals surface area (Å²) in [6.45, 7) is 4.32. The molecule has 0 rings (SSSR count). The van der Waals surface area contributed by atoms with Crippen LogP contribution in [0.25, 0.3) is 0 Å². The summed E-state index contributed by atoms with van der Waals surface area (Å²) in [6, 6.07) is 0. The normalized spacial score (nSPS) is 14.9. The van der Waals surface area contributed by atoms with Crippen LogP contribution in [0.15, 0.2) is 170 Å². The van der Waals surface area contributed by atoms with Gasteiger partial charge in [0.05, 0.1) is 32.8 Å². The lowest BCUT2D eigenvalue weighted by Gasteiger charge is -2.21. The van der Waals surface area contributed by atoms with Crippen LogP contribution in [-0.2, 0) is 65.4 Å². The van der Waals surface area contributed by atoms with E-state index in [4.69, 9.17) is 37.0 Å². The number of phosphoric ester groups is 2. The maximum atomic E-state index is 13.1. The minimum Gasteiger partial charge on any atom is -0.462 e. The lowest BCUT2D eigenvalue weighted by molar-refractivity contribution is -0.161. The fraction of sp³-hybridized carbons (Fsp3) is 0.614. The lowest BCUT2D eigenvalue weighted by Crippen LogP contribution is -2.30. The average molecular weight is 1470 g/mol. The number of phosphoric acid groups is 2. The Kier molecular flexibility index (Phi) is 69.7. The molecule has 5 unspecified atom stereocenters. The molecule has 0 aliphatic rings. The number of esters is 4. The third-order valence-electron chi connectivity index (χ3n) is 15.2. The van der Waals surface area contributed by atoms with Crippen molar-refractivity contribution in [1.29, 1.82) is 0 Å². The summed E-state index contributed by atoms with van der Waals surface area (Å²) in [6.07, 6.45) is 86.7. The predicted molar refractivity (Wildman–Crippen MR) is 417 cm³/mol. The number of rotatable bonds is 70. The van der Waals surface area contributed by atoms with Crippen molar-refractivity contribution in [3.8, 4) is 0 Å². The molecule has 0 aliphatic carbocycles. The third kappa shape index (κ3) is 72.8. The van der Waals surface area contributed by atoms with Gasteiger partial charge in [0.25, 0.3) is 0 Å². The zero-order chi connectivity index (χ0) is 74.6. The van der Waals surface area contributed by atoms with Crippen molar-refractivity contribution in [3.05, 3.63) is 170 Å². The van der Waals surface area contributed by atoms with Crippen molar-refractivity contribution in [2.75, 3.05) is 39.6 Å². The summed E-state index contributed by atoms with van der Waals surface area (Å²) >= 11 is 0. The highest BCUT2D eigenvalue weighted by Crippen LogP contribution is 2.45. The molecule has 0 amide bonds. The zero-order valence-corrected chi connectivity index (χ0v) is 64.8. The zero-order valence-electron chi connectivity index (χ0n) is 63.0. The molecule has 0 heterocycles. The van der Waals surface area contributed by atoms with E-state index in [1.807, 2.05) is 12.2 Å². The van der Waals surface area contributed by atoms with Gasteiger partial charge in [-0.2, -0.15) is 0 Å². The van der Waals surface area contributed by atoms with Gasteiger partial charge >= 0.3 is 39.5 Å². The minimum atomic E-state index is -5.01. The number of carbonyl (C=O) groups excluding carboxylic acids is 4. The highest BCUT2D eigenvalue weighted by Gasteiger charge is 2.30. The number of ether oxygens (including phenoxy) is 4. The maximum Gasteiger partial charge on any atom is 0.472 e. The maximum absolute atomic E-state index is 13.1. The second kappa shape index (κ2) is 73.7. The van der Waals surface area contributed by atoms with Crippen LogP contribution >= 0.6 is 15.6 Å². The number of hydrogen-bond donors (Lipinski definition) is 3. The van der Waals surface area contributed by atoms with Crippen molar-refractivity contribution in [1.82, 2.24) is 0 Å². The Labute approximate surface area is 616 Å². The molecule has 0 aromatic heterocycles. The van der Waals surface area contributed by atoms with Crippen LogP contribution in [0.4, 0.5) is 0 Å². The van der Waals surface area contributed by atoms with E-state index in [0.29, 0.717) is 25.7 Å². The van der Waals surface area contributed by atoms with E-state index >= 15 is 0 Å². The first kappa shape index (κ1) is 96.4. The van der Waals surface area contributed by atoms with Crippen LogP contribution in [0.3, 0.4) is 0 Å². The van der Waals surface area contributed by atoms with Crippen molar-refractivity contribution in [3.63, 3.8) is 0 Å². The van der Waals surface area contributed by atoms with Gasteiger partial charge < -0.3 is 33.8 Å². The van der Waals surface area contributed by atoms with Gasteiger partial charge in [-0.3, -0.25) is 37.3 Å². The quantitative estimate of drug-likeness (QED) is 0.0169. The Morgan fingerprint density at radius 1 is 0.294 bits per heavy atom. The van der Waals surface area contributed by atoms with Crippen molar-refractivity contribution < 1.29 is 80.2 Å². The summed E-state index contributed by atoms with van der Waals surface area (Å²) in [7, 11) is -10.0. The van der Waals surface area contributed by atoms with Crippen LogP contribution in [0.2, 0.25) is 0 Å². The Bertz CT molecular complexity index is 2600. The highest BCUT2D eigenvalue weighted by atomic mass is 31.2. The van der Waals surface area contributed by atoms with Gasteiger partial charge in [0, 0.05) is 19.3 Å². The monoisotopic (exact) mass is 1460 g/mol. The molecule has 17 nitrogen and oxygen atoms in total. The summed E-state index contributed by atoms with van der Waals surface area (Å²) in [5, 5.41) is 10.6. The van der Waals surface area contributed by atoms with Crippen molar-refractivity contribution in [2.24, 2.45) is 0 Å². The third-order valence-corrected chi connectivity index (χ3v) is 17.1. The first-order valence-corrected chi connectivity index (χ1v) is 41.4. The standard InChI is InChI=1S/C83H134O17P2/c1-5-9-13-17-21-25-29-32-35-37-38-40-43-45-49-52-56-60-64-68-80(85)93-73-78(99-82(87)69-65-61-57-53-47-28-24-20-16-12-8-4)75-97-101(89,90)95-71-77(84)72-96-102(91,92)98-76-79(100-83(88)70-66-62-58-54-50-46-41-34-31-27-23-19-15-11-7-3)74-94-81(86)67-63-59-55-51-48-44-42-39-36-33-30-26-22-18-14-10-6-2/h9-11,13-15,21-23,25-27,32-36,38,40-42,44-45,49-50,54,62,66,77-79,84H,5-8,12,16-20,24,28-31,37,39,43,46-48,51-53,55-61,63-65,67-76H2,1-4H3,(H,89,90)(H,91,92)/b13-9-,14-10-,15-11-,25-21-,26-22-,27-23-,35-32-,36-33-,40-38-,41-34-,44-42-,49-45-,54-50-,66-62-. The Morgan fingerprint density at radius 2 is 0.549 bits per heavy atom. The van der Waals surface area contributed by atoms with Gasteiger partial charge in [-0.05, 0) is 135 Å². The molecule has 578 valence electrons. The van der Waals surface area contributed by atoms with E-state index in [0.717, 1.165) is 154 Å². The van der Waals surface area contributed by atoms with Crippen LogP contribution in [0.5, 0.6) is 0 Å². The molecule has 0 spiro atoms. The summed E-state index contributed by atoms with van der Waals surface area (Å²) < 4.78 is 68.3. The lowest BCUT2D eigenvalue weighted by atomic mass is 10.1. The van der Waals surface area contributed by atoms with Gasteiger partial charge in [0.15, 0.2) is 12.2 Å². The molecule has 5 atom stereocenters. The molecule has 19 heteroatoms. The van der Waals surface area contributed by atoms with Crippen molar-refractivity contribution in [2.45, 2.75) is 290 Å². The van der Waals surface area contributed by atoms with E-state index in [2.05, 4.69) is 174 Å². The van der Waals surface area contributed by atoms with Crippen molar-refractivity contribution >= 4 is 39.5 Å². The van der Waals surface area contributed by atoms with E-state index in [9.17, 15) is 43.2 Å². The second-order valence-corrected chi connectivity index (χ2v) is 27.7. The van der Waals surface area contributed by atoms with Crippen LogP contribution in [-0.4, -0.2) is 96.7 Å². The van der Waals surface area contributed by atoms with Gasteiger partial charge in [-0.1, -0.05) is 281 Å². The molecule has 102 heavy (non-hydrogen) atoms. The molecule has 0 aromatic rings. The van der Waals surface area contributed by atoms with Gasteiger partial charge in [-0.25, -0.2) is 9.13 Å². The Morgan fingerprint density at radius 3 is 0.882 bits per heavy atom. The molecule has 0 radical (unpaired) electrons. The number of aliphatic hydroxyl groups is 1. The number of aliphatic hydroxyl groups excluding tert-OH is 1. The molecule has 0 fully saturated rings. The number of unbranched alkanes of at least 4 members (excludes halogenated alkanes) is 17. The van der Waals surface area contributed by atoms with Gasteiger partial charge in [0.1, 0.15) is 19.3 Å². The molecule has 3 N–H and O–H groups in total. The van der Waals surface area contributed by atoms with E-state index in [1.54, 1.807) is 12.2 Å². The fourth-order valence-corrected chi connectivity index (χ4v) is 11.1. The van der Waals surface area contributed by atoms with Crippen LogP contribution in [0, 0.1) is 0 Å². The number of allylic oxidation sites excluding steroid dienone is 27. The smallest absolute Gasteiger partial charge is 0.462 e. The SMILES string of the molecule is CC/C=C\C/C=C\C/C=C\C/C=C\C/C=C\CCCCCC(=O)OCC(COP(=O)(O)OCC(O)COP(=O)(O)OCC(COC(=O)CCCCCC/C=C\C/C=C\C/C=C\C/C=C\CC)OC(=O)C/C=C\C/C=C\C/C=C\C/C=C\C/C=C\CC)OC(=O)CCCCCCCCCCCCC. The van der Waals surface area contributed by atoms with Crippen LogP contribution < -0.4 is 0 Å². The Balaban J connectivity index is 5.45. The van der Waals surface area contributed by atoms with E-state index in [-0.39, 0.29) is 25.7 Å². The van der Waals surface area contributed by atoms with Gasteiger partial charge in [0.2, 0.25) is 0 Å². The van der Waals surface area contributed by atoms with Gasteiger partial charge in [-0.15, -0.1) is 0 Å². The summed E-state index contributed by atoms with van der Waals surface area (Å²) in [5.41, 5.74) is 0. The first-order chi connectivity index (χ1) is 49.7. The topological polar surface area (TPSA) is 237 Å². The van der Waals surface area contributed by atoms with E-state index in [1.165, 1.54) is 38.5 Å². The molecule has 0 saturated heterocycles.